The number of nitrogens with one attached hydrogen (secondary N) is 1. The van der Waals surface area contributed by atoms with Crippen LogP contribution >= 0.6 is 0 Å². The molecule has 0 spiro atoms. The molecule has 0 aliphatic heterocycles. The van der Waals surface area contributed by atoms with Crippen LogP contribution in [0.3, 0.4) is 0 Å². The van der Waals surface area contributed by atoms with Gasteiger partial charge in [0.05, 0.1) is 0 Å². The molecule has 1 N–H and O–H groups in total. The lowest BCUT2D eigenvalue weighted by molar-refractivity contribution is 0.344. The Morgan fingerprint density at radius 1 is 1.06 bits per heavy atom. The Kier molecular flexibility index (Phi) is 5.16. The first kappa shape index (κ1) is 14.2. The van der Waals surface area contributed by atoms with E-state index in [9.17, 15) is 0 Å². The molecule has 1 rings (SSSR count). The Morgan fingerprint density at radius 2 is 1.65 bits per heavy atom. The molecule has 0 amide bonds. The molecule has 0 saturated heterocycles. The summed E-state index contributed by atoms with van der Waals surface area (Å²) in [5.41, 5.74) is 5.59. The summed E-state index contributed by atoms with van der Waals surface area (Å²) in [5.74, 6) is 0. The average Bonchev–Trinajstić information content (AvgIpc) is 2.22. The summed E-state index contributed by atoms with van der Waals surface area (Å²) in [6.07, 6.45) is 0. The van der Waals surface area contributed by atoms with E-state index in [0.717, 1.165) is 13.1 Å². The van der Waals surface area contributed by atoms with Crippen molar-refractivity contribution in [3.05, 3.63) is 34.4 Å². The minimum absolute atomic E-state index is 0.425. The van der Waals surface area contributed by atoms with Gasteiger partial charge in [0.1, 0.15) is 0 Å². The van der Waals surface area contributed by atoms with Crippen LogP contribution in [0.4, 0.5) is 0 Å². The van der Waals surface area contributed by atoms with E-state index in [1.54, 1.807) is 0 Å². The predicted octanol–water partition coefficient (Wildman–Crippen LogP) is 2.82. The number of nitrogens with zero attached hydrogens (tertiary/aromatic N) is 1. The number of hydrogen-bond donors (Lipinski definition) is 1. The summed E-state index contributed by atoms with van der Waals surface area (Å²) >= 11 is 0. The van der Waals surface area contributed by atoms with Gasteiger partial charge in [-0.3, -0.25) is 0 Å². The second-order valence-electron chi connectivity index (χ2n) is 5.17. The zero-order chi connectivity index (χ0) is 13.0. The van der Waals surface area contributed by atoms with Crippen molar-refractivity contribution in [2.75, 3.05) is 27.2 Å². The van der Waals surface area contributed by atoms with Crippen molar-refractivity contribution in [1.82, 2.24) is 10.2 Å². The largest absolute Gasteiger partial charge is 0.309 e. The maximum absolute atomic E-state index is 3.58. The number of rotatable bonds is 5. The summed E-state index contributed by atoms with van der Waals surface area (Å²) < 4.78 is 0. The molecule has 1 atom stereocenters. The lowest BCUT2D eigenvalue weighted by Crippen LogP contribution is -2.31. The van der Waals surface area contributed by atoms with Gasteiger partial charge in [0.15, 0.2) is 0 Å². The van der Waals surface area contributed by atoms with Crippen LogP contribution in [0.2, 0.25) is 0 Å². The molecule has 0 aromatic heterocycles. The summed E-state index contributed by atoms with van der Waals surface area (Å²) in [4.78, 5) is 2.24. The third-order valence-electron chi connectivity index (χ3n) is 3.26. The molecular formula is C15H26N2. The molecule has 96 valence electrons. The van der Waals surface area contributed by atoms with Crippen LogP contribution in [-0.4, -0.2) is 32.1 Å². The standard InChI is InChI=1S/C15H26N2/c1-7-16-15(10-17(5)6)14-9-12(3)11(2)8-13(14)4/h8-9,15-16H,7,10H2,1-6H3. The van der Waals surface area contributed by atoms with E-state index >= 15 is 0 Å². The van der Waals surface area contributed by atoms with Gasteiger partial charge in [0.25, 0.3) is 0 Å². The first-order valence-corrected chi connectivity index (χ1v) is 6.41. The number of aryl methyl sites for hydroxylation is 3. The highest BCUT2D eigenvalue weighted by atomic mass is 15.1. The molecule has 0 aliphatic rings. The highest BCUT2D eigenvalue weighted by Crippen LogP contribution is 2.22. The molecule has 0 bridgehead atoms. The van der Waals surface area contributed by atoms with Crippen LogP contribution in [0, 0.1) is 20.8 Å². The summed E-state index contributed by atoms with van der Waals surface area (Å²) in [7, 11) is 4.25. The molecule has 17 heavy (non-hydrogen) atoms. The third-order valence-corrected chi connectivity index (χ3v) is 3.26. The van der Waals surface area contributed by atoms with Crippen molar-refractivity contribution >= 4 is 0 Å². The first-order valence-electron chi connectivity index (χ1n) is 6.41. The Bertz CT molecular complexity index is 369. The molecular weight excluding hydrogens is 208 g/mol. The maximum Gasteiger partial charge on any atom is 0.0451 e. The lowest BCUT2D eigenvalue weighted by Gasteiger charge is -2.24. The van der Waals surface area contributed by atoms with E-state index in [1.165, 1.54) is 22.3 Å². The molecule has 0 saturated carbocycles. The highest BCUT2D eigenvalue weighted by Gasteiger charge is 2.14. The van der Waals surface area contributed by atoms with Crippen LogP contribution < -0.4 is 5.32 Å². The van der Waals surface area contributed by atoms with Crippen LogP contribution in [-0.2, 0) is 0 Å². The minimum Gasteiger partial charge on any atom is -0.309 e. The summed E-state index contributed by atoms with van der Waals surface area (Å²) in [6.45, 7) is 10.8. The SMILES string of the molecule is CCNC(CN(C)C)c1cc(C)c(C)cc1C. The Labute approximate surface area is 106 Å². The van der Waals surface area contributed by atoms with Gasteiger partial charge < -0.3 is 10.2 Å². The van der Waals surface area contributed by atoms with E-state index < -0.39 is 0 Å². The zero-order valence-electron chi connectivity index (χ0n) is 12.1. The van der Waals surface area contributed by atoms with Crippen molar-refractivity contribution in [2.24, 2.45) is 0 Å². The second-order valence-corrected chi connectivity index (χ2v) is 5.17. The normalized spacial score (nSPS) is 13.1. The average molecular weight is 234 g/mol. The van der Waals surface area contributed by atoms with Gasteiger partial charge in [0.2, 0.25) is 0 Å². The van der Waals surface area contributed by atoms with Crippen LogP contribution in [0.15, 0.2) is 12.1 Å². The van der Waals surface area contributed by atoms with Crippen molar-refractivity contribution in [3.8, 4) is 0 Å². The molecule has 1 unspecified atom stereocenters. The Morgan fingerprint density at radius 3 is 2.18 bits per heavy atom. The molecule has 1 aromatic rings. The predicted molar refractivity (Wildman–Crippen MR) is 75.6 cm³/mol. The van der Waals surface area contributed by atoms with Gasteiger partial charge in [-0.1, -0.05) is 19.1 Å². The Hall–Kier alpha value is -0.860. The fourth-order valence-electron chi connectivity index (χ4n) is 2.24. The molecule has 0 fully saturated rings. The van der Waals surface area contributed by atoms with Gasteiger partial charge in [-0.2, -0.15) is 0 Å². The van der Waals surface area contributed by atoms with Gasteiger partial charge in [0, 0.05) is 12.6 Å². The van der Waals surface area contributed by atoms with Crippen LogP contribution in [0.5, 0.6) is 0 Å². The van der Waals surface area contributed by atoms with E-state index in [4.69, 9.17) is 0 Å². The molecule has 0 heterocycles. The fourth-order valence-corrected chi connectivity index (χ4v) is 2.24. The molecule has 0 radical (unpaired) electrons. The van der Waals surface area contributed by atoms with Crippen molar-refractivity contribution in [3.63, 3.8) is 0 Å². The summed E-state index contributed by atoms with van der Waals surface area (Å²) in [6, 6.07) is 5.06. The zero-order valence-corrected chi connectivity index (χ0v) is 12.1. The molecule has 2 nitrogen and oxygen atoms in total. The number of hydrogen-bond acceptors (Lipinski definition) is 2. The van der Waals surface area contributed by atoms with Crippen LogP contribution in [0.1, 0.15) is 35.2 Å². The summed E-state index contributed by atoms with van der Waals surface area (Å²) in [5, 5.41) is 3.58. The highest BCUT2D eigenvalue weighted by molar-refractivity contribution is 5.38. The van der Waals surface area contributed by atoms with E-state index in [-0.39, 0.29) is 0 Å². The van der Waals surface area contributed by atoms with Gasteiger partial charge >= 0.3 is 0 Å². The molecule has 1 aromatic carbocycles. The second kappa shape index (κ2) is 6.18. The molecule has 2 heteroatoms. The first-order chi connectivity index (χ1) is 7.95. The quantitative estimate of drug-likeness (QED) is 0.843. The van der Waals surface area contributed by atoms with Gasteiger partial charge in [-0.05, 0) is 63.7 Å². The Balaban J connectivity index is 3.04. The number of likely N-dealkylation sites (N-methyl/N-ethyl adjacent to an activating group) is 2. The van der Waals surface area contributed by atoms with E-state index in [2.05, 4.69) is 64.1 Å². The smallest absolute Gasteiger partial charge is 0.0451 e. The minimum atomic E-state index is 0.425. The van der Waals surface area contributed by atoms with Crippen molar-refractivity contribution < 1.29 is 0 Å². The van der Waals surface area contributed by atoms with E-state index in [0.29, 0.717) is 6.04 Å². The van der Waals surface area contributed by atoms with Crippen molar-refractivity contribution in [1.29, 1.82) is 0 Å². The monoisotopic (exact) mass is 234 g/mol. The maximum atomic E-state index is 3.58. The van der Waals surface area contributed by atoms with E-state index in [1.807, 2.05) is 0 Å². The topological polar surface area (TPSA) is 15.3 Å². The number of benzene rings is 1. The third kappa shape index (κ3) is 3.83. The van der Waals surface area contributed by atoms with Crippen LogP contribution in [0.25, 0.3) is 0 Å². The molecule has 0 aliphatic carbocycles. The van der Waals surface area contributed by atoms with Gasteiger partial charge in [-0.15, -0.1) is 0 Å². The fraction of sp³-hybridized carbons (Fsp3) is 0.600. The lowest BCUT2D eigenvalue weighted by atomic mass is 9.95. The van der Waals surface area contributed by atoms with Gasteiger partial charge in [-0.25, -0.2) is 0 Å². The van der Waals surface area contributed by atoms with Crippen molar-refractivity contribution in [2.45, 2.75) is 33.7 Å².